The number of hydrogen-bond acceptors (Lipinski definition) is 4. The van der Waals surface area contributed by atoms with Gasteiger partial charge in [0.2, 0.25) is 11.9 Å². The van der Waals surface area contributed by atoms with Gasteiger partial charge in [-0.1, -0.05) is 30.3 Å². The summed E-state index contributed by atoms with van der Waals surface area (Å²) in [6.07, 6.45) is 0. The van der Waals surface area contributed by atoms with Crippen molar-refractivity contribution in [3.05, 3.63) is 47.3 Å². The number of aryl methyl sites for hydroxylation is 2. The van der Waals surface area contributed by atoms with Crippen LogP contribution in [0.1, 0.15) is 22.3 Å². The third-order valence-corrected chi connectivity index (χ3v) is 3.10. The molecule has 2 aromatic rings. The summed E-state index contributed by atoms with van der Waals surface area (Å²) in [6, 6.07) is 9.09. The number of anilines is 1. The minimum absolute atomic E-state index is 0.162. The smallest absolute Gasteiger partial charge is 0.249 e. The summed E-state index contributed by atoms with van der Waals surface area (Å²) in [6.45, 7) is 3.60. The summed E-state index contributed by atoms with van der Waals surface area (Å²) in [5, 5.41) is 9.46. The second kappa shape index (κ2) is 5.75. The molecule has 0 saturated carbocycles. The predicted molar refractivity (Wildman–Crippen MR) is 73.0 cm³/mol. The van der Waals surface area contributed by atoms with Gasteiger partial charge >= 0.3 is 0 Å². The van der Waals surface area contributed by atoms with Gasteiger partial charge in [-0.3, -0.25) is 10.1 Å². The Balaban J connectivity index is 2.10. The van der Waals surface area contributed by atoms with Gasteiger partial charge in [0.05, 0.1) is 11.4 Å². The van der Waals surface area contributed by atoms with Gasteiger partial charge in [-0.25, -0.2) is 4.98 Å². The molecule has 0 aliphatic carbocycles. The molecule has 0 bridgehead atoms. The average molecular weight is 277 g/mol. The molecule has 0 spiro atoms. The number of carbonyl (C=O) groups excluding carboxylic acids is 1. The Morgan fingerprint density at radius 3 is 2.47 bits per heavy atom. The van der Waals surface area contributed by atoms with Gasteiger partial charge in [0, 0.05) is 0 Å². The van der Waals surface area contributed by atoms with Crippen LogP contribution < -0.4 is 5.32 Å². The molecule has 1 heterocycles. The maximum atomic E-state index is 12.0. The number of hydrogen-bond donors (Lipinski definition) is 1. The molecule has 1 atom stereocenters. The first kappa shape index (κ1) is 13.4. The van der Waals surface area contributed by atoms with Gasteiger partial charge in [0.15, 0.2) is 0 Å². The van der Waals surface area contributed by atoms with E-state index in [1.165, 1.54) is 0 Å². The SMILES string of the molecule is Cc1nnc(NC(=O)C(Cl)c2ccccc2)nc1C. The molecule has 98 valence electrons. The first-order valence-electron chi connectivity index (χ1n) is 5.75. The van der Waals surface area contributed by atoms with Crippen LogP contribution in [0.2, 0.25) is 0 Å². The Labute approximate surface area is 116 Å². The van der Waals surface area contributed by atoms with Gasteiger partial charge in [-0.05, 0) is 19.4 Å². The van der Waals surface area contributed by atoms with Crippen LogP contribution in [0.15, 0.2) is 30.3 Å². The topological polar surface area (TPSA) is 67.8 Å². The first-order chi connectivity index (χ1) is 9.08. The zero-order valence-corrected chi connectivity index (χ0v) is 11.3. The first-order valence-corrected chi connectivity index (χ1v) is 6.19. The fourth-order valence-corrected chi connectivity index (χ4v) is 1.66. The second-order valence-electron chi connectivity index (χ2n) is 4.07. The van der Waals surface area contributed by atoms with E-state index in [4.69, 9.17) is 11.6 Å². The van der Waals surface area contributed by atoms with Gasteiger partial charge in [-0.15, -0.1) is 16.7 Å². The van der Waals surface area contributed by atoms with E-state index in [0.717, 1.165) is 17.0 Å². The van der Waals surface area contributed by atoms with E-state index in [2.05, 4.69) is 20.5 Å². The van der Waals surface area contributed by atoms with Crippen molar-refractivity contribution in [2.45, 2.75) is 19.2 Å². The van der Waals surface area contributed by atoms with Crippen molar-refractivity contribution >= 4 is 23.5 Å². The van der Waals surface area contributed by atoms with Crippen LogP contribution in [0.4, 0.5) is 5.95 Å². The van der Waals surface area contributed by atoms with Gasteiger partial charge in [-0.2, -0.15) is 5.10 Å². The van der Waals surface area contributed by atoms with E-state index >= 15 is 0 Å². The van der Waals surface area contributed by atoms with Crippen molar-refractivity contribution in [2.24, 2.45) is 0 Å². The highest BCUT2D eigenvalue weighted by Crippen LogP contribution is 2.21. The highest BCUT2D eigenvalue weighted by Gasteiger charge is 2.18. The van der Waals surface area contributed by atoms with Crippen LogP contribution in [0.3, 0.4) is 0 Å². The fourth-order valence-electron chi connectivity index (χ4n) is 1.46. The highest BCUT2D eigenvalue weighted by molar-refractivity contribution is 6.32. The average Bonchev–Trinajstić information content (AvgIpc) is 2.43. The molecular formula is C13H13ClN4O. The van der Waals surface area contributed by atoms with Gasteiger partial charge in [0.1, 0.15) is 5.38 Å². The molecule has 1 unspecified atom stereocenters. The number of carbonyl (C=O) groups is 1. The van der Waals surface area contributed by atoms with Gasteiger partial charge < -0.3 is 0 Å². The maximum Gasteiger partial charge on any atom is 0.249 e. The summed E-state index contributed by atoms with van der Waals surface area (Å²) in [5.41, 5.74) is 2.16. The maximum absolute atomic E-state index is 12.0. The predicted octanol–water partition coefficient (Wildman–Crippen LogP) is 2.41. The van der Waals surface area contributed by atoms with E-state index in [-0.39, 0.29) is 11.9 Å². The Hall–Kier alpha value is -2.01. The van der Waals surface area contributed by atoms with Crippen LogP contribution in [0, 0.1) is 13.8 Å². The number of amides is 1. The lowest BCUT2D eigenvalue weighted by Gasteiger charge is -2.09. The third-order valence-electron chi connectivity index (χ3n) is 2.65. The standard InChI is InChI=1S/C13H13ClN4O/c1-8-9(2)17-18-13(15-8)16-12(19)11(14)10-6-4-3-5-7-10/h3-7,11H,1-2H3,(H,15,16,18,19). The lowest BCUT2D eigenvalue weighted by molar-refractivity contribution is -0.116. The van der Waals surface area contributed by atoms with E-state index in [0.29, 0.717) is 0 Å². The molecule has 0 fully saturated rings. The number of halogens is 1. The van der Waals surface area contributed by atoms with Crippen LogP contribution >= 0.6 is 11.6 Å². The lowest BCUT2D eigenvalue weighted by Crippen LogP contribution is -2.19. The van der Waals surface area contributed by atoms with Crippen LogP contribution in [0.25, 0.3) is 0 Å². The van der Waals surface area contributed by atoms with E-state index in [1.54, 1.807) is 26.0 Å². The van der Waals surface area contributed by atoms with Crippen molar-refractivity contribution in [2.75, 3.05) is 5.32 Å². The molecule has 1 aromatic carbocycles. The minimum atomic E-state index is -0.786. The monoisotopic (exact) mass is 276 g/mol. The summed E-state index contributed by atoms with van der Waals surface area (Å²) in [5.74, 6) is -0.215. The second-order valence-corrected chi connectivity index (χ2v) is 4.51. The number of rotatable bonds is 3. The Kier molecular flexibility index (Phi) is 4.06. The lowest BCUT2D eigenvalue weighted by atomic mass is 10.1. The van der Waals surface area contributed by atoms with Crippen molar-refractivity contribution in [3.8, 4) is 0 Å². The Morgan fingerprint density at radius 2 is 1.84 bits per heavy atom. The number of alkyl halides is 1. The van der Waals surface area contributed by atoms with Crippen molar-refractivity contribution in [1.29, 1.82) is 0 Å². The zero-order valence-electron chi connectivity index (χ0n) is 10.6. The van der Waals surface area contributed by atoms with Crippen LogP contribution in [0.5, 0.6) is 0 Å². The van der Waals surface area contributed by atoms with E-state index in [1.807, 2.05) is 18.2 Å². The molecule has 1 amide bonds. The van der Waals surface area contributed by atoms with E-state index in [9.17, 15) is 4.79 Å². The molecular weight excluding hydrogens is 264 g/mol. The molecule has 5 nitrogen and oxygen atoms in total. The van der Waals surface area contributed by atoms with Crippen LogP contribution in [-0.4, -0.2) is 21.1 Å². The summed E-state index contributed by atoms with van der Waals surface area (Å²) >= 11 is 6.09. The molecule has 1 aromatic heterocycles. The molecule has 1 N–H and O–H groups in total. The van der Waals surface area contributed by atoms with Crippen molar-refractivity contribution in [1.82, 2.24) is 15.2 Å². The molecule has 2 rings (SSSR count). The van der Waals surface area contributed by atoms with Gasteiger partial charge in [0.25, 0.3) is 0 Å². The number of benzene rings is 1. The van der Waals surface area contributed by atoms with Crippen molar-refractivity contribution in [3.63, 3.8) is 0 Å². The number of nitrogens with zero attached hydrogens (tertiary/aromatic N) is 3. The largest absolute Gasteiger partial charge is 0.292 e. The molecule has 19 heavy (non-hydrogen) atoms. The molecule has 0 radical (unpaired) electrons. The Bertz CT molecular complexity index is 588. The Morgan fingerprint density at radius 1 is 1.16 bits per heavy atom. The molecule has 0 aliphatic heterocycles. The molecule has 6 heteroatoms. The number of aromatic nitrogens is 3. The summed E-state index contributed by atoms with van der Waals surface area (Å²) < 4.78 is 0. The fraction of sp³-hybridized carbons (Fsp3) is 0.231. The highest BCUT2D eigenvalue weighted by atomic mass is 35.5. The number of nitrogens with one attached hydrogen (secondary N) is 1. The molecule has 0 saturated heterocycles. The van der Waals surface area contributed by atoms with Crippen molar-refractivity contribution < 1.29 is 4.79 Å². The van der Waals surface area contributed by atoms with Crippen LogP contribution in [-0.2, 0) is 4.79 Å². The summed E-state index contributed by atoms with van der Waals surface area (Å²) in [4.78, 5) is 16.1. The third kappa shape index (κ3) is 3.26. The molecule has 0 aliphatic rings. The normalized spacial score (nSPS) is 11.9. The summed E-state index contributed by atoms with van der Waals surface area (Å²) in [7, 11) is 0. The minimum Gasteiger partial charge on any atom is -0.292 e. The zero-order chi connectivity index (χ0) is 13.8. The quantitative estimate of drug-likeness (QED) is 0.874. The van der Waals surface area contributed by atoms with E-state index < -0.39 is 5.38 Å².